The SMILES string of the molecule is CCNC(C)CC(C)S(=O)C(C)C. The molecule has 0 aromatic carbocycles. The van der Waals surface area contributed by atoms with Gasteiger partial charge in [0.15, 0.2) is 0 Å². The molecule has 1 N–H and O–H groups in total. The van der Waals surface area contributed by atoms with E-state index >= 15 is 0 Å². The van der Waals surface area contributed by atoms with Crippen LogP contribution >= 0.6 is 0 Å². The Labute approximate surface area is 84.9 Å². The van der Waals surface area contributed by atoms with Gasteiger partial charge in [-0.25, -0.2) is 0 Å². The fourth-order valence-electron chi connectivity index (χ4n) is 1.49. The summed E-state index contributed by atoms with van der Waals surface area (Å²) in [5.41, 5.74) is 0. The van der Waals surface area contributed by atoms with Crippen molar-refractivity contribution in [1.82, 2.24) is 5.32 Å². The summed E-state index contributed by atoms with van der Waals surface area (Å²) in [6.07, 6.45) is 0.999. The molecule has 80 valence electrons. The van der Waals surface area contributed by atoms with E-state index in [9.17, 15) is 4.21 Å². The predicted molar refractivity (Wildman–Crippen MR) is 60.5 cm³/mol. The summed E-state index contributed by atoms with van der Waals surface area (Å²) in [5, 5.41) is 3.92. The van der Waals surface area contributed by atoms with Crippen molar-refractivity contribution in [3.05, 3.63) is 0 Å². The van der Waals surface area contributed by atoms with Crippen molar-refractivity contribution in [3.63, 3.8) is 0 Å². The molecular weight excluding hydrogens is 182 g/mol. The van der Waals surface area contributed by atoms with Crippen molar-refractivity contribution in [3.8, 4) is 0 Å². The van der Waals surface area contributed by atoms with Crippen LogP contribution in [0.15, 0.2) is 0 Å². The van der Waals surface area contributed by atoms with Crippen LogP contribution in [0, 0.1) is 0 Å². The first-order valence-corrected chi connectivity index (χ1v) is 6.39. The highest BCUT2D eigenvalue weighted by molar-refractivity contribution is 7.86. The molecule has 0 radical (unpaired) electrons. The maximum absolute atomic E-state index is 11.7. The van der Waals surface area contributed by atoms with Crippen LogP contribution in [0.2, 0.25) is 0 Å². The first-order chi connectivity index (χ1) is 5.99. The standard InChI is InChI=1S/C10H23NOS/c1-6-11-9(4)7-10(5)13(12)8(2)3/h8-11H,6-7H2,1-5H3. The monoisotopic (exact) mass is 205 g/mol. The highest BCUT2D eigenvalue weighted by atomic mass is 32.2. The molecule has 0 heterocycles. The van der Waals surface area contributed by atoms with Gasteiger partial charge in [0.25, 0.3) is 0 Å². The van der Waals surface area contributed by atoms with Gasteiger partial charge in [0, 0.05) is 27.3 Å². The van der Waals surface area contributed by atoms with Crippen molar-refractivity contribution >= 4 is 10.8 Å². The van der Waals surface area contributed by atoms with Crippen molar-refractivity contribution in [1.29, 1.82) is 0 Å². The topological polar surface area (TPSA) is 29.1 Å². The molecule has 3 unspecified atom stereocenters. The second-order valence-corrected chi connectivity index (χ2v) is 6.29. The molecule has 0 spiro atoms. The van der Waals surface area contributed by atoms with Gasteiger partial charge in [0.1, 0.15) is 0 Å². The Hall–Kier alpha value is 0.110. The molecule has 0 saturated carbocycles. The normalized spacial score (nSPS) is 18.6. The van der Waals surface area contributed by atoms with Crippen molar-refractivity contribution < 1.29 is 4.21 Å². The van der Waals surface area contributed by atoms with Crippen LogP contribution in [0.4, 0.5) is 0 Å². The molecule has 0 bridgehead atoms. The van der Waals surface area contributed by atoms with Crippen LogP contribution < -0.4 is 5.32 Å². The van der Waals surface area contributed by atoms with Crippen LogP contribution in [0.5, 0.6) is 0 Å². The average Bonchev–Trinajstić information content (AvgIpc) is 2.03. The van der Waals surface area contributed by atoms with E-state index < -0.39 is 10.8 Å². The van der Waals surface area contributed by atoms with Gasteiger partial charge in [-0.3, -0.25) is 4.21 Å². The first-order valence-electron chi connectivity index (χ1n) is 5.11. The second kappa shape index (κ2) is 6.55. The molecular formula is C10H23NOS. The molecule has 3 heteroatoms. The van der Waals surface area contributed by atoms with E-state index in [1.807, 2.05) is 13.8 Å². The number of hydrogen-bond acceptors (Lipinski definition) is 2. The first kappa shape index (κ1) is 13.1. The van der Waals surface area contributed by atoms with Gasteiger partial charge in [0.2, 0.25) is 0 Å². The Balaban J connectivity index is 3.85. The Bertz CT molecular complexity index is 159. The van der Waals surface area contributed by atoms with Gasteiger partial charge in [-0.1, -0.05) is 27.7 Å². The van der Waals surface area contributed by atoms with Crippen LogP contribution in [0.25, 0.3) is 0 Å². The van der Waals surface area contributed by atoms with E-state index in [2.05, 4.69) is 26.1 Å². The minimum absolute atomic E-state index is 0.281. The van der Waals surface area contributed by atoms with Crippen LogP contribution in [0.1, 0.15) is 41.0 Å². The molecule has 3 atom stereocenters. The minimum Gasteiger partial charge on any atom is -0.314 e. The number of nitrogens with one attached hydrogen (secondary N) is 1. The zero-order chi connectivity index (χ0) is 10.4. The third-order valence-corrected chi connectivity index (χ3v) is 4.01. The summed E-state index contributed by atoms with van der Waals surface area (Å²) >= 11 is 0. The van der Waals surface area contributed by atoms with E-state index in [0.717, 1.165) is 13.0 Å². The van der Waals surface area contributed by atoms with E-state index in [-0.39, 0.29) is 5.25 Å². The summed E-state index contributed by atoms with van der Waals surface area (Å²) in [5.74, 6) is 0. The molecule has 2 nitrogen and oxygen atoms in total. The Morgan fingerprint density at radius 2 is 1.77 bits per heavy atom. The van der Waals surface area contributed by atoms with Gasteiger partial charge in [0.05, 0.1) is 0 Å². The Kier molecular flexibility index (Phi) is 6.60. The maximum atomic E-state index is 11.7. The zero-order valence-electron chi connectivity index (χ0n) is 9.46. The van der Waals surface area contributed by atoms with Crippen molar-refractivity contribution in [2.45, 2.75) is 57.6 Å². The van der Waals surface area contributed by atoms with Gasteiger partial charge >= 0.3 is 0 Å². The fraction of sp³-hybridized carbons (Fsp3) is 1.00. The van der Waals surface area contributed by atoms with Crippen molar-refractivity contribution in [2.75, 3.05) is 6.54 Å². The minimum atomic E-state index is -0.681. The van der Waals surface area contributed by atoms with Gasteiger partial charge in [-0.05, 0) is 19.9 Å². The summed E-state index contributed by atoms with van der Waals surface area (Å²) in [6, 6.07) is 0.475. The maximum Gasteiger partial charge on any atom is 0.0337 e. The lowest BCUT2D eigenvalue weighted by Crippen LogP contribution is -2.31. The lowest BCUT2D eigenvalue weighted by Gasteiger charge is -2.19. The van der Waals surface area contributed by atoms with Crippen LogP contribution in [0.3, 0.4) is 0 Å². The van der Waals surface area contributed by atoms with E-state index in [0.29, 0.717) is 11.3 Å². The zero-order valence-corrected chi connectivity index (χ0v) is 10.3. The summed E-state index contributed by atoms with van der Waals surface area (Å²) in [7, 11) is -0.681. The predicted octanol–water partition coefficient (Wildman–Crippen LogP) is 1.92. The third-order valence-electron chi connectivity index (χ3n) is 2.10. The highest BCUT2D eigenvalue weighted by Crippen LogP contribution is 2.09. The highest BCUT2D eigenvalue weighted by Gasteiger charge is 2.16. The molecule has 0 aromatic rings. The fourth-order valence-corrected chi connectivity index (χ4v) is 2.90. The molecule has 0 amide bonds. The molecule has 13 heavy (non-hydrogen) atoms. The quantitative estimate of drug-likeness (QED) is 0.718. The van der Waals surface area contributed by atoms with Crippen LogP contribution in [-0.4, -0.2) is 27.3 Å². The van der Waals surface area contributed by atoms with E-state index in [1.54, 1.807) is 0 Å². The second-order valence-electron chi connectivity index (χ2n) is 3.88. The molecule has 0 aliphatic heterocycles. The van der Waals surface area contributed by atoms with Gasteiger partial charge in [-0.2, -0.15) is 0 Å². The Morgan fingerprint density at radius 1 is 1.23 bits per heavy atom. The number of rotatable bonds is 6. The van der Waals surface area contributed by atoms with Crippen molar-refractivity contribution in [2.24, 2.45) is 0 Å². The average molecular weight is 205 g/mol. The lowest BCUT2D eigenvalue weighted by molar-refractivity contribution is 0.523. The summed E-state index contributed by atoms with van der Waals surface area (Å²) in [4.78, 5) is 0. The third kappa shape index (κ3) is 5.42. The molecule has 0 rings (SSSR count). The largest absolute Gasteiger partial charge is 0.314 e. The van der Waals surface area contributed by atoms with Crippen LogP contribution in [-0.2, 0) is 10.8 Å². The van der Waals surface area contributed by atoms with E-state index in [1.165, 1.54) is 0 Å². The molecule has 0 aliphatic rings. The Morgan fingerprint density at radius 3 is 2.15 bits per heavy atom. The van der Waals surface area contributed by atoms with Gasteiger partial charge < -0.3 is 5.32 Å². The molecule has 0 saturated heterocycles. The smallest absolute Gasteiger partial charge is 0.0337 e. The molecule has 0 aromatic heterocycles. The summed E-state index contributed by atoms with van der Waals surface area (Å²) < 4.78 is 11.7. The summed E-state index contributed by atoms with van der Waals surface area (Å²) in [6.45, 7) is 11.3. The van der Waals surface area contributed by atoms with E-state index in [4.69, 9.17) is 0 Å². The molecule has 0 aliphatic carbocycles. The molecule has 0 fully saturated rings. The number of hydrogen-bond donors (Lipinski definition) is 1. The lowest BCUT2D eigenvalue weighted by atomic mass is 10.2. The van der Waals surface area contributed by atoms with Gasteiger partial charge in [-0.15, -0.1) is 0 Å².